The van der Waals surface area contributed by atoms with E-state index in [0.29, 0.717) is 13.0 Å². The SMILES string of the molecule is CCCC(O)(CCC)CCN=[N+]=[N-]. The molecular formula is C9H19N3O. The molecule has 13 heavy (non-hydrogen) atoms. The van der Waals surface area contributed by atoms with E-state index in [1.165, 1.54) is 0 Å². The van der Waals surface area contributed by atoms with Gasteiger partial charge in [-0.1, -0.05) is 31.8 Å². The highest BCUT2D eigenvalue weighted by Gasteiger charge is 2.23. The van der Waals surface area contributed by atoms with Crippen molar-refractivity contribution in [2.75, 3.05) is 6.54 Å². The lowest BCUT2D eigenvalue weighted by Gasteiger charge is -2.26. The minimum absolute atomic E-state index is 0.396. The molecule has 0 saturated carbocycles. The Morgan fingerprint density at radius 2 is 1.77 bits per heavy atom. The van der Waals surface area contributed by atoms with Gasteiger partial charge in [0, 0.05) is 11.5 Å². The molecular weight excluding hydrogens is 166 g/mol. The zero-order valence-electron chi connectivity index (χ0n) is 8.53. The molecule has 0 amide bonds. The van der Waals surface area contributed by atoms with Gasteiger partial charge in [-0.15, -0.1) is 0 Å². The first-order chi connectivity index (χ1) is 6.18. The quantitative estimate of drug-likeness (QED) is 0.369. The summed E-state index contributed by atoms with van der Waals surface area (Å²) in [5, 5.41) is 13.5. The molecule has 0 fully saturated rings. The highest BCUT2D eigenvalue weighted by molar-refractivity contribution is 4.78. The van der Waals surface area contributed by atoms with Gasteiger partial charge in [-0.3, -0.25) is 0 Å². The van der Waals surface area contributed by atoms with Gasteiger partial charge in [0.15, 0.2) is 0 Å². The zero-order valence-corrected chi connectivity index (χ0v) is 8.53. The van der Waals surface area contributed by atoms with E-state index in [2.05, 4.69) is 10.0 Å². The predicted molar refractivity (Wildman–Crippen MR) is 53.4 cm³/mol. The first-order valence-corrected chi connectivity index (χ1v) is 4.91. The number of azide groups is 1. The maximum atomic E-state index is 10.1. The fourth-order valence-corrected chi connectivity index (χ4v) is 1.61. The van der Waals surface area contributed by atoms with Crippen molar-refractivity contribution >= 4 is 0 Å². The van der Waals surface area contributed by atoms with E-state index in [0.717, 1.165) is 25.7 Å². The van der Waals surface area contributed by atoms with E-state index in [1.54, 1.807) is 0 Å². The van der Waals surface area contributed by atoms with Crippen LogP contribution in [-0.2, 0) is 0 Å². The maximum Gasteiger partial charge on any atom is 0.0649 e. The van der Waals surface area contributed by atoms with Crippen molar-refractivity contribution in [2.45, 2.75) is 51.6 Å². The van der Waals surface area contributed by atoms with Gasteiger partial charge in [0.1, 0.15) is 0 Å². The van der Waals surface area contributed by atoms with E-state index >= 15 is 0 Å². The minimum atomic E-state index is -0.613. The van der Waals surface area contributed by atoms with Crippen molar-refractivity contribution < 1.29 is 5.11 Å². The second-order valence-electron chi connectivity index (χ2n) is 3.43. The molecule has 0 saturated heterocycles. The molecule has 0 aliphatic rings. The van der Waals surface area contributed by atoms with Crippen molar-refractivity contribution in [3.63, 3.8) is 0 Å². The monoisotopic (exact) mass is 185 g/mol. The van der Waals surface area contributed by atoms with E-state index in [4.69, 9.17) is 5.53 Å². The zero-order chi connectivity index (χ0) is 10.2. The van der Waals surface area contributed by atoms with Gasteiger partial charge >= 0.3 is 0 Å². The van der Waals surface area contributed by atoms with Crippen LogP contribution in [0, 0.1) is 0 Å². The average Bonchev–Trinajstić information content (AvgIpc) is 2.05. The van der Waals surface area contributed by atoms with E-state index in [9.17, 15) is 5.11 Å². The van der Waals surface area contributed by atoms with Crippen LogP contribution in [0.2, 0.25) is 0 Å². The van der Waals surface area contributed by atoms with Crippen LogP contribution in [0.25, 0.3) is 10.4 Å². The van der Waals surface area contributed by atoms with Gasteiger partial charge in [0.05, 0.1) is 5.60 Å². The predicted octanol–water partition coefficient (Wildman–Crippen LogP) is 3.02. The first kappa shape index (κ1) is 12.3. The van der Waals surface area contributed by atoms with Crippen LogP contribution in [-0.4, -0.2) is 17.3 Å². The Morgan fingerprint density at radius 3 is 2.15 bits per heavy atom. The molecule has 0 rings (SSSR count). The second kappa shape index (κ2) is 6.75. The average molecular weight is 185 g/mol. The molecule has 0 aliphatic carbocycles. The van der Waals surface area contributed by atoms with Crippen LogP contribution in [0.1, 0.15) is 46.0 Å². The maximum absolute atomic E-state index is 10.1. The van der Waals surface area contributed by atoms with Crippen molar-refractivity contribution in [3.05, 3.63) is 10.4 Å². The van der Waals surface area contributed by atoms with Gasteiger partial charge in [-0.25, -0.2) is 0 Å². The van der Waals surface area contributed by atoms with Gasteiger partial charge in [-0.05, 0) is 24.8 Å². The molecule has 0 aliphatic heterocycles. The van der Waals surface area contributed by atoms with E-state index < -0.39 is 5.60 Å². The normalized spacial score (nSPS) is 11.0. The highest BCUT2D eigenvalue weighted by atomic mass is 16.3. The van der Waals surface area contributed by atoms with Crippen LogP contribution < -0.4 is 0 Å². The second-order valence-corrected chi connectivity index (χ2v) is 3.43. The summed E-state index contributed by atoms with van der Waals surface area (Å²) in [5.74, 6) is 0. The molecule has 0 spiro atoms. The standard InChI is InChI=1S/C9H19N3O/c1-3-5-9(13,6-4-2)7-8-11-12-10/h13H,3-8H2,1-2H3. The first-order valence-electron chi connectivity index (χ1n) is 4.91. The van der Waals surface area contributed by atoms with Crippen molar-refractivity contribution in [1.82, 2.24) is 0 Å². The van der Waals surface area contributed by atoms with Crippen LogP contribution in [0.5, 0.6) is 0 Å². The molecule has 0 aromatic rings. The Kier molecular flexibility index (Phi) is 6.37. The van der Waals surface area contributed by atoms with Crippen molar-refractivity contribution in [1.29, 1.82) is 0 Å². The van der Waals surface area contributed by atoms with Crippen LogP contribution in [0.15, 0.2) is 5.11 Å². The number of hydrogen-bond acceptors (Lipinski definition) is 2. The summed E-state index contributed by atoms with van der Waals surface area (Å²) >= 11 is 0. The number of hydrogen-bond donors (Lipinski definition) is 1. The molecule has 0 aromatic carbocycles. The molecule has 1 N–H and O–H groups in total. The van der Waals surface area contributed by atoms with Crippen molar-refractivity contribution in [2.24, 2.45) is 5.11 Å². The molecule has 76 valence electrons. The van der Waals surface area contributed by atoms with Gasteiger partial charge < -0.3 is 5.11 Å². The molecule has 0 aromatic heterocycles. The van der Waals surface area contributed by atoms with E-state index in [1.807, 2.05) is 13.8 Å². The highest BCUT2D eigenvalue weighted by Crippen LogP contribution is 2.23. The summed E-state index contributed by atoms with van der Waals surface area (Å²) in [6.07, 6.45) is 4.10. The van der Waals surface area contributed by atoms with Crippen molar-refractivity contribution in [3.8, 4) is 0 Å². The summed E-state index contributed by atoms with van der Waals surface area (Å²) in [7, 11) is 0. The van der Waals surface area contributed by atoms with Crippen LogP contribution in [0.3, 0.4) is 0 Å². The lowest BCUT2D eigenvalue weighted by molar-refractivity contribution is 0.0153. The number of aliphatic hydroxyl groups is 1. The van der Waals surface area contributed by atoms with E-state index in [-0.39, 0.29) is 0 Å². The Morgan fingerprint density at radius 1 is 1.23 bits per heavy atom. The lowest BCUT2D eigenvalue weighted by Crippen LogP contribution is -2.29. The molecule has 4 heteroatoms. The summed E-state index contributed by atoms with van der Waals surface area (Å²) in [6.45, 7) is 4.50. The number of nitrogens with zero attached hydrogens (tertiary/aromatic N) is 3. The summed E-state index contributed by atoms with van der Waals surface area (Å²) in [5.41, 5.74) is 7.49. The summed E-state index contributed by atoms with van der Waals surface area (Å²) in [6, 6.07) is 0. The third kappa shape index (κ3) is 5.50. The molecule has 0 atom stereocenters. The third-order valence-electron chi connectivity index (χ3n) is 2.17. The molecule has 4 nitrogen and oxygen atoms in total. The van der Waals surface area contributed by atoms with Crippen LogP contribution >= 0.6 is 0 Å². The molecule has 0 bridgehead atoms. The molecule has 0 heterocycles. The summed E-state index contributed by atoms with van der Waals surface area (Å²) in [4.78, 5) is 2.67. The Bertz CT molecular complexity index is 170. The summed E-state index contributed by atoms with van der Waals surface area (Å²) < 4.78 is 0. The Balaban J connectivity index is 3.97. The fraction of sp³-hybridized carbons (Fsp3) is 1.00. The lowest BCUT2D eigenvalue weighted by atomic mass is 9.89. The van der Waals surface area contributed by atoms with Crippen LogP contribution in [0.4, 0.5) is 0 Å². The minimum Gasteiger partial charge on any atom is -0.390 e. The topological polar surface area (TPSA) is 69.0 Å². The smallest absolute Gasteiger partial charge is 0.0649 e. The molecule has 0 unspecified atom stereocenters. The Hall–Kier alpha value is -0.730. The fourth-order valence-electron chi connectivity index (χ4n) is 1.61. The third-order valence-corrected chi connectivity index (χ3v) is 2.17. The largest absolute Gasteiger partial charge is 0.390 e. The van der Waals surface area contributed by atoms with Gasteiger partial charge in [0.2, 0.25) is 0 Å². The Labute approximate surface area is 79.6 Å². The number of rotatable bonds is 7. The van der Waals surface area contributed by atoms with Gasteiger partial charge in [0.25, 0.3) is 0 Å². The van der Waals surface area contributed by atoms with Gasteiger partial charge in [-0.2, -0.15) is 0 Å². The molecule has 0 radical (unpaired) electrons.